The van der Waals surface area contributed by atoms with Crippen LogP contribution < -0.4 is 10.5 Å². The van der Waals surface area contributed by atoms with Gasteiger partial charge in [-0.05, 0) is 25.1 Å². The number of carbonyl (C=O) groups is 1. The van der Waals surface area contributed by atoms with Crippen LogP contribution in [0, 0.1) is 5.82 Å². The number of aromatic carboxylic acids is 1. The SMILES string of the molecule is CC(N)COc1ccc(F)c(C(=O)O)c1.Cl. The van der Waals surface area contributed by atoms with E-state index in [0.29, 0.717) is 5.75 Å². The number of halogens is 2. The Morgan fingerprint density at radius 2 is 2.25 bits per heavy atom. The fourth-order valence-corrected chi connectivity index (χ4v) is 0.986. The van der Waals surface area contributed by atoms with Crippen molar-refractivity contribution in [3.63, 3.8) is 0 Å². The largest absolute Gasteiger partial charge is 0.492 e. The summed E-state index contributed by atoms with van der Waals surface area (Å²) in [6.07, 6.45) is 0. The van der Waals surface area contributed by atoms with E-state index in [-0.39, 0.29) is 25.1 Å². The van der Waals surface area contributed by atoms with Crippen molar-refractivity contribution < 1.29 is 19.0 Å². The van der Waals surface area contributed by atoms with Crippen LogP contribution >= 0.6 is 12.4 Å². The van der Waals surface area contributed by atoms with Crippen LogP contribution in [0.2, 0.25) is 0 Å². The van der Waals surface area contributed by atoms with E-state index in [1.54, 1.807) is 6.92 Å². The standard InChI is InChI=1S/C10H12FNO3.ClH/c1-6(12)5-15-7-2-3-9(11)8(4-7)10(13)14;/h2-4,6H,5,12H2,1H3,(H,13,14);1H. The Hall–Kier alpha value is -1.33. The van der Waals surface area contributed by atoms with Crippen molar-refractivity contribution in [3.8, 4) is 5.75 Å². The maximum absolute atomic E-state index is 13.0. The molecule has 0 heterocycles. The number of benzene rings is 1. The lowest BCUT2D eigenvalue weighted by Gasteiger charge is -2.09. The van der Waals surface area contributed by atoms with Crippen LogP contribution in [0.1, 0.15) is 17.3 Å². The Labute approximate surface area is 98.6 Å². The molecule has 0 aliphatic rings. The number of carboxylic acid groups (broad SMARTS) is 1. The molecule has 0 aliphatic carbocycles. The van der Waals surface area contributed by atoms with Gasteiger partial charge < -0.3 is 15.6 Å². The van der Waals surface area contributed by atoms with Gasteiger partial charge in [0, 0.05) is 6.04 Å². The Morgan fingerprint density at radius 1 is 1.62 bits per heavy atom. The van der Waals surface area contributed by atoms with Crippen molar-refractivity contribution >= 4 is 18.4 Å². The first kappa shape index (κ1) is 14.7. The summed E-state index contributed by atoms with van der Waals surface area (Å²) in [7, 11) is 0. The average Bonchev–Trinajstić information content (AvgIpc) is 2.16. The quantitative estimate of drug-likeness (QED) is 0.851. The van der Waals surface area contributed by atoms with Crippen molar-refractivity contribution in [3.05, 3.63) is 29.6 Å². The first-order valence-electron chi connectivity index (χ1n) is 4.42. The molecule has 4 nitrogen and oxygen atoms in total. The summed E-state index contributed by atoms with van der Waals surface area (Å²) in [5.74, 6) is -1.81. The third-order valence-corrected chi connectivity index (χ3v) is 1.68. The number of rotatable bonds is 4. The van der Waals surface area contributed by atoms with Gasteiger partial charge in [0.15, 0.2) is 0 Å². The molecule has 1 aromatic carbocycles. The number of ether oxygens (including phenoxy) is 1. The normalized spacial score (nSPS) is 11.4. The van der Waals surface area contributed by atoms with Crippen molar-refractivity contribution in [2.75, 3.05) is 6.61 Å². The van der Waals surface area contributed by atoms with Gasteiger partial charge in [0.1, 0.15) is 18.2 Å². The molecule has 1 rings (SSSR count). The molecule has 0 spiro atoms. The van der Waals surface area contributed by atoms with Gasteiger partial charge in [0.2, 0.25) is 0 Å². The first-order valence-corrected chi connectivity index (χ1v) is 4.42. The lowest BCUT2D eigenvalue weighted by molar-refractivity contribution is 0.0691. The van der Waals surface area contributed by atoms with E-state index in [9.17, 15) is 9.18 Å². The molecule has 0 saturated heterocycles. The maximum Gasteiger partial charge on any atom is 0.338 e. The molecule has 0 amide bonds. The molecular formula is C10H13ClFNO3. The highest BCUT2D eigenvalue weighted by molar-refractivity contribution is 5.88. The summed E-state index contributed by atoms with van der Waals surface area (Å²) < 4.78 is 18.1. The Kier molecular flexibility index (Phi) is 5.77. The van der Waals surface area contributed by atoms with E-state index in [1.165, 1.54) is 6.07 Å². The monoisotopic (exact) mass is 249 g/mol. The lowest BCUT2D eigenvalue weighted by Crippen LogP contribution is -2.23. The van der Waals surface area contributed by atoms with Crippen molar-refractivity contribution in [1.82, 2.24) is 0 Å². The van der Waals surface area contributed by atoms with E-state index in [4.69, 9.17) is 15.6 Å². The Balaban J connectivity index is 0.00000225. The zero-order valence-corrected chi connectivity index (χ0v) is 9.46. The minimum absolute atomic E-state index is 0. The zero-order chi connectivity index (χ0) is 11.4. The summed E-state index contributed by atoms with van der Waals surface area (Å²) in [6.45, 7) is 2.01. The van der Waals surface area contributed by atoms with Crippen LogP contribution in [0.3, 0.4) is 0 Å². The van der Waals surface area contributed by atoms with Crippen molar-refractivity contribution in [2.45, 2.75) is 13.0 Å². The highest BCUT2D eigenvalue weighted by Crippen LogP contribution is 2.16. The number of carboxylic acids is 1. The number of hydrogen-bond donors (Lipinski definition) is 2. The second kappa shape index (κ2) is 6.30. The molecule has 1 unspecified atom stereocenters. The third kappa shape index (κ3) is 4.04. The summed E-state index contributed by atoms with van der Waals surface area (Å²) in [5.41, 5.74) is 5.05. The first-order chi connectivity index (χ1) is 7.00. The van der Waals surface area contributed by atoms with E-state index >= 15 is 0 Å². The summed E-state index contributed by atoms with van der Waals surface area (Å²) in [6, 6.07) is 3.40. The van der Waals surface area contributed by atoms with Gasteiger partial charge in [0.25, 0.3) is 0 Å². The molecule has 90 valence electrons. The lowest BCUT2D eigenvalue weighted by atomic mass is 10.2. The van der Waals surface area contributed by atoms with Crippen LogP contribution in [0.15, 0.2) is 18.2 Å². The summed E-state index contributed by atoms with van der Waals surface area (Å²) in [4.78, 5) is 10.6. The Bertz CT molecular complexity index is 371. The van der Waals surface area contributed by atoms with Gasteiger partial charge in [0.05, 0.1) is 5.56 Å². The molecule has 0 radical (unpaired) electrons. The number of nitrogens with two attached hydrogens (primary N) is 1. The highest BCUT2D eigenvalue weighted by atomic mass is 35.5. The average molecular weight is 250 g/mol. The van der Waals surface area contributed by atoms with Gasteiger partial charge in [-0.25, -0.2) is 9.18 Å². The van der Waals surface area contributed by atoms with Gasteiger partial charge in [-0.2, -0.15) is 0 Å². The summed E-state index contributed by atoms with van der Waals surface area (Å²) in [5, 5.41) is 8.65. The van der Waals surface area contributed by atoms with E-state index < -0.39 is 17.3 Å². The molecule has 0 bridgehead atoms. The molecule has 1 aromatic rings. The van der Waals surface area contributed by atoms with Gasteiger partial charge in [-0.15, -0.1) is 12.4 Å². The molecule has 0 saturated carbocycles. The molecule has 6 heteroatoms. The fraction of sp³-hybridized carbons (Fsp3) is 0.300. The van der Waals surface area contributed by atoms with Crippen molar-refractivity contribution in [2.24, 2.45) is 5.73 Å². The topological polar surface area (TPSA) is 72.5 Å². The molecular weight excluding hydrogens is 237 g/mol. The third-order valence-electron chi connectivity index (χ3n) is 1.68. The summed E-state index contributed by atoms with van der Waals surface area (Å²) >= 11 is 0. The second-order valence-corrected chi connectivity index (χ2v) is 3.24. The second-order valence-electron chi connectivity index (χ2n) is 3.24. The van der Waals surface area contributed by atoms with Gasteiger partial charge in [-0.3, -0.25) is 0 Å². The van der Waals surface area contributed by atoms with Crippen molar-refractivity contribution in [1.29, 1.82) is 0 Å². The van der Waals surface area contributed by atoms with E-state index in [0.717, 1.165) is 12.1 Å². The minimum Gasteiger partial charge on any atom is -0.492 e. The molecule has 0 fully saturated rings. The van der Waals surface area contributed by atoms with Gasteiger partial charge >= 0.3 is 5.97 Å². The minimum atomic E-state index is -1.32. The van der Waals surface area contributed by atoms with E-state index in [1.807, 2.05) is 0 Å². The highest BCUT2D eigenvalue weighted by Gasteiger charge is 2.11. The fourth-order valence-electron chi connectivity index (χ4n) is 0.986. The molecule has 0 aliphatic heterocycles. The molecule has 1 atom stereocenters. The number of hydrogen-bond acceptors (Lipinski definition) is 3. The van der Waals surface area contributed by atoms with Crippen LogP contribution in [0.4, 0.5) is 4.39 Å². The van der Waals surface area contributed by atoms with Gasteiger partial charge in [-0.1, -0.05) is 0 Å². The van der Waals surface area contributed by atoms with E-state index in [2.05, 4.69) is 0 Å². The molecule has 0 aromatic heterocycles. The van der Waals surface area contributed by atoms with Crippen LogP contribution in [-0.2, 0) is 0 Å². The predicted molar refractivity (Wildman–Crippen MR) is 59.8 cm³/mol. The van der Waals surface area contributed by atoms with Crippen LogP contribution in [0.25, 0.3) is 0 Å². The zero-order valence-electron chi connectivity index (χ0n) is 8.64. The maximum atomic E-state index is 13.0. The smallest absolute Gasteiger partial charge is 0.338 e. The predicted octanol–water partition coefficient (Wildman–Crippen LogP) is 1.67. The Morgan fingerprint density at radius 3 is 2.75 bits per heavy atom. The van der Waals surface area contributed by atoms with Crippen LogP contribution in [-0.4, -0.2) is 23.7 Å². The molecule has 3 N–H and O–H groups in total. The molecule has 16 heavy (non-hydrogen) atoms. The van der Waals surface area contributed by atoms with Crippen LogP contribution in [0.5, 0.6) is 5.75 Å².